The molecule has 0 spiro atoms. The van der Waals surface area contributed by atoms with E-state index in [1.54, 1.807) is 0 Å². The van der Waals surface area contributed by atoms with Crippen LogP contribution >= 0.6 is 0 Å². The van der Waals surface area contributed by atoms with E-state index >= 15 is 0 Å². The van der Waals surface area contributed by atoms with Crippen molar-refractivity contribution in [2.45, 2.75) is 0 Å². The van der Waals surface area contributed by atoms with Gasteiger partial charge in [0.1, 0.15) is 11.2 Å². The van der Waals surface area contributed by atoms with Crippen molar-refractivity contribution < 1.29 is 12.6 Å². The topological polar surface area (TPSA) is 13.1 Å². The third kappa shape index (κ3) is 4.47. The van der Waals surface area contributed by atoms with Crippen molar-refractivity contribution in [3.63, 3.8) is 0 Å². The first-order valence-electron chi connectivity index (χ1n) is 19.4. The molecular formula is C48H30O. The summed E-state index contributed by atoms with van der Waals surface area (Å²) in [6, 6.07) is 48.9. The molecule has 0 aliphatic rings. The second kappa shape index (κ2) is 11.1. The minimum absolute atomic E-state index is 0.0277. The van der Waals surface area contributed by atoms with Crippen LogP contribution in [0.5, 0.6) is 0 Å². The van der Waals surface area contributed by atoms with Crippen molar-refractivity contribution in [3.8, 4) is 44.5 Å². The molecule has 0 unspecified atom stereocenters. The smallest absolute Gasteiger partial charge is 0.136 e. The van der Waals surface area contributed by atoms with Crippen molar-refractivity contribution in [1.29, 1.82) is 0 Å². The fraction of sp³-hybridized carbons (Fsp3) is 0. The van der Waals surface area contributed by atoms with Gasteiger partial charge in [0.25, 0.3) is 0 Å². The highest BCUT2D eigenvalue weighted by molar-refractivity contribution is 6.22. The van der Waals surface area contributed by atoms with Crippen molar-refractivity contribution in [2.75, 3.05) is 0 Å². The van der Waals surface area contributed by atoms with Gasteiger partial charge in [-0.05, 0) is 95.0 Å². The van der Waals surface area contributed by atoms with Gasteiger partial charge in [-0.1, -0.05) is 164 Å². The van der Waals surface area contributed by atoms with Crippen LogP contribution < -0.4 is 0 Å². The molecule has 0 N–H and O–H groups in total. The molecule has 0 atom stereocenters. The maximum Gasteiger partial charge on any atom is 0.136 e. The summed E-state index contributed by atoms with van der Waals surface area (Å²) in [5.74, 6) is 0. The summed E-state index contributed by atoms with van der Waals surface area (Å²) in [6.07, 6.45) is 0. The van der Waals surface area contributed by atoms with Crippen LogP contribution in [0.15, 0.2) is 186 Å². The van der Waals surface area contributed by atoms with Gasteiger partial charge in [0.2, 0.25) is 0 Å². The number of furan rings is 1. The van der Waals surface area contributed by atoms with E-state index in [-0.39, 0.29) is 46.6 Å². The molecule has 0 saturated carbocycles. The average Bonchev–Trinajstić information content (AvgIpc) is 3.62. The second-order valence-corrected chi connectivity index (χ2v) is 12.4. The second-order valence-electron chi connectivity index (χ2n) is 12.4. The van der Waals surface area contributed by atoms with Crippen LogP contribution in [0.4, 0.5) is 0 Å². The van der Waals surface area contributed by atoms with Crippen molar-refractivity contribution in [3.05, 3.63) is 182 Å². The molecular weight excluding hydrogens is 593 g/mol. The van der Waals surface area contributed by atoms with Crippen LogP contribution in [0.25, 0.3) is 98.8 Å². The lowest BCUT2D eigenvalue weighted by Gasteiger charge is -2.18. The predicted molar refractivity (Wildman–Crippen MR) is 208 cm³/mol. The van der Waals surface area contributed by atoms with Gasteiger partial charge in [-0.3, -0.25) is 0 Å². The summed E-state index contributed by atoms with van der Waals surface area (Å²) in [4.78, 5) is 0. The number of benzene rings is 9. The molecule has 0 amide bonds. The quantitative estimate of drug-likeness (QED) is 0.177. The standard InChI is InChI=1S/C48H30O/c1-2-10-31(11-3-1)32-18-22-35(23-19-32)46-39-14-6-8-16-41(39)47(42-17-9-7-15-40(42)46)36-24-20-33(21-25-36)37-26-28-43-45(30-37)49-44-29-27-34-12-4-5-13-38(34)48(43)44/h1-30H/i4D,5D,12D,13D,27D,29D. The van der Waals surface area contributed by atoms with E-state index in [9.17, 15) is 0 Å². The third-order valence-corrected chi connectivity index (χ3v) is 9.65. The van der Waals surface area contributed by atoms with Gasteiger partial charge in [-0.25, -0.2) is 0 Å². The highest BCUT2D eigenvalue weighted by Crippen LogP contribution is 2.44. The fourth-order valence-corrected chi connectivity index (χ4v) is 7.37. The Kier molecular flexibility index (Phi) is 5.02. The number of hydrogen-bond donors (Lipinski definition) is 0. The minimum Gasteiger partial charge on any atom is -0.456 e. The fourth-order valence-electron chi connectivity index (χ4n) is 7.37. The molecule has 9 aromatic carbocycles. The highest BCUT2D eigenvalue weighted by Gasteiger charge is 2.17. The molecule has 1 aromatic heterocycles. The highest BCUT2D eigenvalue weighted by atomic mass is 16.3. The van der Waals surface area contributed by atoms with Gasteiger partial charge in [0.15, 0.2) is 0 Å². The maximum absolute atomic E-state index is 8.70. The van der Waals surface area contributed by atoms with Gasteiger partial charge in [0, 0.05) is 10.8 Å². The monoisotopic (exact) mass is 628 g/mol. The summed E-state index contributed by atoms with van der Waals surface area (Å²) in [5.41, 5.74) is 9.49. The van der Waals surface area contributed by atoms with Crippen molar-refractivity contribution >= 4 is 54.3 Å². The molecule has 0 radical (unpaired) electrons. The van der Waals surface area contributed by atoms with Crippen molar-refractivity contribution in [2.24, 2.45) is 0 Å². The zero-order valence-electron chi connectivity index (χ0n) is 32.3. The Morgan fingerprint density at radius 2 is 0.837 bits per heavy atom. The molecule has 0 saturated heterocycles. The Bertz CT molecular complexity index is 3130. The summed E-state index contributed by atoms with van der Waals surface area (Å²) >= 11 is 0. The van der Waals surface area contributed by atoms with Gasteiger partial charge < -0.3 is 4.42 Å². The molecule has 0 fully saturated rings. The molecule has 10 rings (SSSR count). The Morgan fingerprint density at radius 1 is 0.347 bits per heavy atom. The Labute approximate surface area is 292 Å². The Hall–Kier alpha value is -6.44. The number of rotatable bonds is 4. The summed E-state index contributed by atoms with van der Waals surface area (Å²) in [5, 5.41) is 6.00. The van der Waals surface area contributed by atoms with E-state index < -0.39 is 6.04 Å². The first kappa shape index (κ1) is 22.2. The average molecular weight is 629 g/mol. The molecule has 10 aromatic rings. The first-order chi connectivity index (χ1) is 26.8. The number of fused-ring (bicyclic) bond motifs is 7. The molecule has 228 valence electrons. The normalized spacial score (nSPS) is 13.4. The van der Waals surface area contributed by atoms with E-state index in [0.29, 0.717) is 16.4 Å². The first-order valence-corrected chi connectivity index (χ1v) is 16.4. The van der Waals surface area contributed by atoms with Gasteiger partial charge in [-0.15, -0.1) is 0 Å². The molecule has 49 heavy (non-hydrogen) atoms. The van der Waals surface area contributed by atoms with Crippen LogP contribution in [0.2, 0.25) is 0 Å². The molecule has 1 heteroatoms. The molecule has 0 aliphatic heterocycles. The van der Waals surface area contributed by atoms with Gasteiger partial charge in [-0.2, -0.15) is 0 Å². The Balaban J connectivity index is 1.09. The molecule has 0 aliphatic carbocycles. The van der Waals surface area contributed by atoms with Gasteiger partial charge in [0.05, 0.1) is 8.22 Å². The molecule has 0 bridgehead atoms. The maximum atomic E-state index is 8.70. The lowest BCUT2D eigenvalue weighted by Crippen LogP contribution is -1.91. The van der Waals surface area contributed by atoms with Gasteiger partial charge >= 0.3 is 0 Å². The zero-order valence-corrected chi connectivity index (χ0v) is 26.3. The SMILES string of the molecule is [2H]c1c([2H])c([2H])c2c(c1[2H])c([2H])c([2H])c1oc3cc(-c4ccc(-c5c6ccccc6c(-c6ccc(-c7ccccc7)cc6)c6ccccc56)cc4)ccc3c12. The summed E-state index contributed by atoms with van der Waals surface area (Å²) in [7, 11) is 0. The lowest BCUT2D eigenvalue weighted by atomic mass is 9.85. The predicted octanol–water partition coefficient (Wildman–Crippen LogP) is 13.7. The van der Waals surface area contributed by atoms with Crippen LogP contribution in [0.3, 0.4) is 0 Å². The van der Waals surface area contributed by atoms with Crippen LogP contribution in [-0.4, -0.2) is 0 Å². The molecule has 1 heterocycles. The lowest BCUT2D eigenvalue weighted by molar-refractivity contribution is 0.669. The van der Waals surface area contributed by atoms with E-state index in [1.165, 1.54) is 49.4 Å². The Morgan fingerprint density at radius 3 is 1.45 bits per heavy atom. The van der Waals surface area contributed by atoms with E-state index in [1.807, 2.05) is 24.3 Å². The number of hydrogen-bond acceptors (Lipinski definition) is 1. The summed E-state index contributed by atoms with van der Waals surface area (Å²) in [6.45, 7) is 0. The van der Waals surface area contributed by atoms with Crippen LogP contribution in [-0.2, 0) is 0 Å². The third-order valence-electron chi connectivity index (χ3n) is 9.65. The van der Waals surface area contributed by atoms with E-state index in [2.05, 4.69) is 121 Å². The van der Waals surface area contributed by atoms with E-state index in [0.717, 1.165) is 16.7 Å². The zero-order chi connectivity index (χ0) is 37.5. The van der Waals surface area contributed by atoms with Crippen LogP contribution in [0, 0.1) is 0 Å². The van der Waals surface area contributed by atoms with E-state index in [4.69, 9.17) is 12.6 Å². The largest absolute Gasteiger partial charge is 0.456 e. The summed E-state index contributed by atoms with van der Waals surface area (Å²) < 4.78 is 57.1. The van der Waals surface area contributed by atoms with Crippen LogP contribution in [0.1, 0.15) is 8.22 Å². The minimum atomic E-state index is -0.422. The molecule has 1 nitrogen and oxygen atoms in total. The van der Waals surface area contributed by atoms with Crippen molar-refractivity contribution in [1.82, 2.24) is 0 Å².